The van der Waals surface area contributed by atoms with Gasteiger partial charge in [0, 0.05) is 28.6 Å². The summed E-state index contributed by atoms with van der Waals surface area (Å²) in [6, 6.07) is 16.5. The highest BCUT2D eigenvalue weighted by molar-refractivity contribution is 6.14. The number of benzene rings is 2. The number of rotatable bonds is 0. The van der Waals surface area contributed by atoms with Gasteiger partial charge in [-0.2, -0.15) is 0 Å². The van der Waals surface area contributed by atoms with Crippen molar-refractivity contribution in [2.24, 2.45) is 0 Å². The molecule has 0 aliphatic heterocycles. The summed E-state index contributed by atoms with van der Waals surface area (Å²) in [5.41, 5.74) is 2.02. The molecular formula is C16H10N2. The first kappa shape index (κ1) is 9.54. The fourth-order valence-electron chi connectivity index (χ4n) is 2.48. The maximum absolute atomic E-state index is 4.60. The number of hydrogen-bond acceptors (Lipinski definition) is 2. The van der Waals surface area contributed by atoms with Gasteiger partial charge < -0.3 is 0 Å². The third-order valence-electron chi connectivity index (χ3n) is 3.34. The SMILES string of the molecule is c1ccc2c(c1)cnc1c3cccnc3ccc21. The van der Waals surface area contributed by atoms with E-state index in [2.05, 4.69) is 46.4 Å². The van der Waals surface area contributed by atoms with Crippen molar-refractivity contribution in [3.05, 3.63) is 60.9 Å². The second-order valence-electron chi connectivity index (χ2n) is 4.38. The minimum Gasteiger partial charge on any atom is -0.256 e. The highest BCUT2D eigenvalue weighted by Gasteiger charge is 2.05. The predicted molar refractivity (Wildman–Crippen MR) is 74.6 cm³/mol. The molecule has 0 aliphatic carbocycles. The van der Waals surface area contributed by atoms with Gasteiger partial charge in [-0.3, -0.25) is 9.97 Å². The minimum atomic E-state index is 0.993. The van der Waals surface area contributed by atoms with Crippen molar-refractivity contribution in [1.29, 1.82) is 0 Å². The predicted octanol–water partition coefficient (Wildman–Crippen LogP) is 3.94. The number of pyridine rings is 2. The fraction of sp³-hybridized carbons (Fsp3) is 0. The highest BCUT2D eigenvalue weighted by atomic mass is 14.7. The molecule has 0 fully saturated rings. The van der Waals surface area contributed by atoms with Gasteiger partial charge in [0.15, 0.2) is 0 Å². The number of nitrogens with zero attached hydrogens (tertiary/aromatic N) is 2. The molecule has 0 unspecified atom stereocenters. The Labute approximate surface area is 104 Å². The lowest BCUT2D eigenvalue weighted by Gasteiger charge is -2.05. The summed E-state index contributed by atoms with van der Waals surface area (Å²) in [4.78, 5) is 8.97. The molecule has 0 spiro atoms. The molecule has 2 nitrogen and oxygen atoms in total. The van der Waals surface area contributed by atoms with Crippen LogP contribution < -0.4 is 0 Å². The lowest BCUT2D eigenvalue weighted by Crippen LogP contribution is -1.85. The average Bonchev–Trinajstić information content (AvgIpc) is 2.46. The van der Waals surface area contributed by atoms with Gasteiger partial charge in [-0.25, -0.2) is 0 Å². The van der Waals surface area contributed by atoms with Gasteiger partial charge in [-0.05, 0) is 29.7 Å². The van der Waals surface area contributed by atoms with Crippen molar-refractivity contribution in [2.75, 3.05) is 0 Å². The van der Waals surface area contributed by atoms with Crippen LogP contribution >= 0.6 is 0 Å². The van der Waals surface area contributed by atoms with Gasteiger partial charge in [-0.1, -0.05) is 24.3 Å². The fourth-order valence-corrected chi connectivity index (χ4v) is 2.48. The summed E-state index contributed by atoms with van der Waals surface area (Å²) >= 11 is 0. The summed E-state index contributed by atoms with van der Waals surface area (Å²) in [5.74, 6) is 0. The zero-order chi connectivity index (χ0) is 11.9. The van der Waals surface area contributed by atoms with Crippen LogP contribution in [0.1, 0.15) is 0 Å². The maximum Gasteiger partial charge on any atom is 0.0802 e. The average molecular weight is 230 g/mol. The number of fused-ring (bicyclic) bond motifs is 5. The van der Waals surface area contributed by atoms with Crippen molar-refractivity contribution in [2.45, 2.75) is 0 Å². The molecule has 0 aliphatic rings. The topological polar surface area (TPSA) is 25.8 Å². The quantitative estimate of drug-likeness (QED) is 0.428. The molecule has 2 heteroatoms. The molecule has 0 saturated heterocycles. The summed E-state index contributed by atoms with van der Waals surface area (Å²) in [7, 11) is 0. The molecule has 0 N–H and O–H groups in total. The van der Waals surface area contributed by atoms with E-state index in [1.807, 2.05) is 24.5 Å². The van der Waals surface area contributed by atoms with Gasteiger partial charge in [0.05, 0.1) is 11.0 Å². The Morgan fingerprint density at radius 1 is 0.667 bits per heavy atom. The molecule has 0 saturated carbocycles. The molecule has 0 radical (unpaired) electrons. The van der Waals surface area contributed by atoms with E-state index in [9.17, 15) is 0 Å². The highest BCUT2D eigenvalue weighted by Crippen LogP contribution is 2.28. The lowest BCUT2D eigenvalue weighted by molar-refractivity contribution is 1.40. The smallest absolute Gasteiger partial charge is 0.0802 e. The van der Waals surface area contributed by atoms with Crippen LogP contribution in [0.5, 0.6) is 0 Å². The molecule has 4 aromatic rings. The summed E-state index contributed by atoms with van der Waals surface area (Å²) in [6.07, 6.45) is 3.75. The van der Waals surface area contributed by atoms with E-state index in [0.29, 0.717) is 0 Å². The van der Waals surface area contributed by atoms with E-state index >= 15 is 0 Å². The molecule has 84 valence electrons. The van der Waals surface area contributed by atoms with Crippen LogP contribution in [-0.2, 0) is 0 Å². The monoisotopic (exact) mass is 230 g/mol. The first-order chi connectivity index (χ1) is 8.93. The lowest BCUT2D eigenvalue weighted by atomic mass is 10.0. The van der Waals surface area contributed by atoms with Gasteiger partial charge >= 0.3 is 0 Å². The van der Waals surface area contributed by atoms with Crippen molar-refractivity contribution in [1.82, 2.24) is 9.97 Å². The van der Waals surface area contributed by atoms with E-state index in [0.717, 1.165) is 16.4 Å². The maximum atomic E-state index is 4.60. The van der Waals surface area contributed by atoms with Gasteiger partial charge in [0.2, 0.25) is 0 Å². The summed E-state index contributed by atoms with van der Waals surface area (Å²) < 4.78 is 0. The second-order valence-corrected chi connectivity index (χ2v) is 4.38. The third kappa shape index (κ3) is 1.23. The Hall–Kier alpha value is -2.48. The van der Waals surface area contributed by atoms with Crippen LogP contribution in [0.4, 0.5) is 0 Å². The van der Waals surface area contributed by atoms with E-state index in [-0.39, 0.29) is 0 Å². The molecule has 0 bridgehead atoms. The molecule has 0 atom stereocenters. The molecule has 2 aromatic carbocycles. The van der Waals surface area contributed by atoms with Crippen LogP contribution in [0.2, 0.25) is 0 Å². The van der Waals surface area contributed by atoms with Crippen molar-refractivity contribution in [3.63, 3.8) is 0 Å². The molecule has 18 heavy (non-hydrogen) atoms. The Morgan fingerprint density at radius 2 is 1.56 bits per heavy atom. The Morgan fingerprint density at radius 3 is 2.56 bits per heavy atom. The number of aromatic nitrogens is 2. The van der Waals surface area contributed by atoms with Gasteiger partial charge in [0.1, 0.15) is 0 Å². The van der Waals surface area contributed by atoms with Crippen molar-refractivity contribution < 1.29 is 0 Å². The zero-order valence-corrected chi connectivity index (χ0v) is 9.67. The summed E-state index contributed by atoms with van der Waals surface area (Å²) in [6.45, 7) is 0. The van der Waals surface area contributed by atoms with Crippen LogP contribution in [0.3, 0.4) is 0 Å². The zero-order valence-electron chi connectivity index (χ0n) is 9.67. The van der Waals surface area contributed by atoms with E-state index < -0.39 is 0 Å². The van der Waals surface area contributed by atoms with Gasteiger partial charge in [0.25, 0.3) is 0 Å². The van der Waals surface area contributed by atoms with Crippen LogP contribution in [-0.4, -0.2) is 9.97 Å². The standard InChI is InChI=1S/C16H10N2/c1-2-5-12-11(4-1)10-18-16-13(12)7-8-15-14(16)6-3-9-17-15/h1-10H. The molecule has 0 amide bonds. The Balaban J connectivity index is 2.31. The van der Waals surface area contributed by atoms with E-state index in [1.54, 1.807) is 0 Å². The molecule has 4 rings (SSSR count). The van der Waals surface area contributed by atoms with Crippen molar-refractivity contribution >= 4 is 32.6 Å². The van der Waals surface area contributed by atoms with Crippen molar-refractivity contribution in [3.8, 4) is 0 Å². The number of hydrogen-bond donors (Lipinski definition) is 0. The normalized spacial score (nSPS) is 11.3. The van der Waals surface area contributed by atoms with Crippen LogP contribution in [0.15, 0.2) is 60.9 Å². The molecule has 2 heterocycles. The summed E-state index contributed by atoms with van der Waals surface area (Å²) in [5, 5.41) is 4.72. The molecular weight excluding hydrogens is 220 g/mol. The molecule has 2 aromatic heterocycles. The van der Waals surface area contributed by atoms with Crippen LogP contribution in [0, 0.1) is 0 Å². The first-order valence-corrected chi connectivity index (χ1v) is 5.95. The van der Waals surface area contributed by atoms with E-state index in [4.69, 9.17) is 0 Å². The first-order valence-electron chi connectivity index (χ1n) is 5.95. The van der Waals surface area contributed by atoms with Crippen LogP contribution in [0.25, 0.3) is 32.6 Å². The van der Waals surface area contributed by atoms with Gasteiger partial charge in [-0.15, -0.1) is 0 Å². The minimum absolute atomic E-state index is 0.993. The van der Waals surface area contributed by atoms with E-state index in [1.165, 1.54) is 16.2 Å². The second kappa shape index (κ2) is 3.50. The Bertz CT molecular complexity index is 806. The largest absolute Gasteiger partial charge is 0.256 e. The third-order valence-corrected chi connectivity index (χ3v) is 3.34. The Kier molecular flexibility index (Phi) is 1.86.